The molecule has 0 spiro atoms. The van der Waals surface area contributed by atoms with Crippen LogP contribution in [0.25, 0.3) is 11.0 Å². The molecule has 0 fully saturated rings. The molecule has 11 heteroatoms. The molecular formula is C15H16F3N5O3. The zero-order valence-corrected chi connectivity index (χ0v) is 14.1. The van der Waals surface area contributed by atoms with Crippen LogP contribution in [0.3, 0.4) is 0 Å². The second-order valence-electron chi connectivity index (χ2n) is 5.99. The van der Waals surface area contributed by atoms with Gasteiger partial charge in [0.15, 0.2) is 5.52 Å². The Labute approximate surface area is 144 Å². The van der Waals surface area contributed by atoms with Crippen LogP contribution >= 0.6 is 0 Å². The number of nitrogens with zero attached hydrogens (tertiary/aromatic N) is 5. The van der Waals surface area contributed by atoms with Gasteiger partial charge in [-0.1, -0.05) is 5.16 Å². The van der Waals surface area contributed by atoms with E-state index in [4.69, 9.17) is 4.52 Å². The van der Waals surface area contributed by atoms with Crippen LogP contribution in [0.1, 0.15) is 17.9 Å². The van der Waals surface area contributed by atoms with Crippen LogP contribution in [0.2, 0.25) is 0 Å². The number of aryl methyl sites for hydroxylation is 3. The molecule has 26 heavy (non-hydrogen) atoms. The summed E-state index contributed by atoms with van der Waals surface area (Å²) in [5.74, 6) is 0.607. The first-order chi connectivity index (χ1) is 12.2. The molecule has 8 nitrogen and oxygen atoms in total. The third kappa shape index (κ3) is 3.41. The molecule has 0 saturated heterocycles. The molecular weight excluding hydrogens is 355 g/mol. The molecule has 0 aromatic carbocycles. The van der Waals surface area contributed by atoms with E-state index in [1.807, 2.05) is 0 Å². The Kier molecular flexibility index (Phi) is 4.46. The van der Waals surface area contributed by atoms with Crippen molar-refractivity contribution in [3.05, 3.63) is 44.6 Å². The quantitative estimate of drug-likeness (QED) is 0.676. The summed E-state index contributed by atoms with van der Waals surface area (Å²) in [4.78, 5) is 25.0. The van der Waals surface area contributed by atoms with E-state index >= 15 is 0 Å². The lowest BCUT2D eigenvalue weighted by molar-refractivity contribution is -0.141. The Morgan fingerprint density at radius 2 is 2.00 bits per heavy atom. The maximum atomic E-state index is 12.7. The van der Waals surface area contributed by atoms with Gasteiger partial charge in [0, 0.05) is 26.1 Å². The summed E-state index contributed by atoms with van der Waals surface area (Å²) in [6.07, 6.45) is -2.61. The Morgan fingerprint density at radius 3 is 2.62 bits per heavy atom. The number of alkyl halides is 3. The zero-order valence-electron chi connectivity index (χ0n) is 14.1. The molecule has 0 N–H and O–H groups in total. The molecule has 0 aliphatic heterocycles. The average Bonchev–Trinajstić information content (AvgIpc) is 3.13. The van der Waals surface area contributed by atoms with Crippen molar-refractivity contribution in [1.29, 1.82) is 0 Å². The van der Waals surface area contributed by atoms with E-state index in [-0.39, 0.29) is 17.6 Å². The molecule has 0 aliphatic carbocycles. The van der Waals surface area contributed by atoms with E-state index in [1.165, 1.54) is 7.05 Å². The molecule has 0 bridgehead atoms. The minimum Gasteiger partial charge on any atom is -0.361 e. The van der Waals surface area contributed by atoms with Crippen LogP contribution in [0.15, 0.2) is 26.4 Å². The number of halogens is 3. The second kappa shape index (κ2) is 6.46. The van der Waals surface area contributed by atoms with Crippen molar-refractivity contribution in [1.82, 2.24) is 24.1 Å². The summed E-state index contributed by atoms with van der Waals surface area (Å²) in [5, 5.41) is 7.36. The fourth-order valence-corrected chi connectivity index (χ4v) is 2.77. The first-order valence-corrected chi connectivity index (χ1v) is 7.81. The molecule has 0 atom stereocenters. The van der Waals surface area contributed by atoms with Crippen molar-refractivity contribution >= 4 is 11.0 Å². The second-order valence-corrected chi connectivity index (χ2v) is 5.99. The number of hydrogen-bond acceptors (Lipinski definition) is 5. The van der Waals surface area contributed by atoms with E-state index in [2.05, 4.69) is 10.3 Å². The molecule has 0 unspecified atom stereocenters. The van der Waals surface area contributed by atoms with Gasteiger partial charge in [0.25, 0.3) is 5.56 Å². The smallest absolute Gasteiger partial charge is 0.361 e. The number of rotatable bonds is 5. The highest BCUT2D eigenvalue weighted by atomic mass is 19.4. The molecule has 3 rings (SSSR count). The molecule has 140 valence electrons. The SMILES string of the molecule is Cc1cc(CCCn2c(=O)c3c(cnn3CC(F)(F)F)n(C)c2=O)on1. The fourth-order valence-electron chi connectivity index (χ4n) is 2.77. The summed E-state index contributed by atoms with van der Waals surface area (Å²) < 4.78 is 45.8. The largest absolute Gasteiger partial charge is 0.408 e. The summed E-state index contributed by atoms with van der Waals surface area (Å²) in [5.41, 5.74) is -0.877. The van der Waals surface area contributed by atoms with Crippen molar-refractivity contribution in [2.75, 3.05) is 0 Å². The van der Waals surface area contributed by atoms with Crippen LogP contribution < -0.4 is 11.2 Å². The maximum Gasteiger partial charge on any atom is 0.408 e. The highest BCUT2D eigenvalue weighted by molar-refractivity contribution is 5.73. The van der Waals surface area contributed by atoms with Gasteiger partial charge in [-0.05, 0) is 13.3 Å². The first kappa shape index (κ1) is 18.0. The molecule has 3 aromatic rings. The number of aromatic nitrogens is 5. The fraction of sp³-hybridized carbons (Fsp3) is 0.467. The summed E-state index contributed by atoms with van der Waals surface area (Å²) in [6.45, 7) is 0.405. The first-order valence-electron chi connectivity index (χ1n) is 7.81. The Hall–Kier alpha value is -2.85. The summed E-state index contributed by atoms with van der Waals surface area (Å²) in [6, 6.07) is 1.74. The third-order valence-electron chi connectivity index (χ3n) is 3.96. The maximum absolute atomic E-state index is 12.7. The normalized spacial score (nSPS) is 12.2. The minimum atomic E-state index is -4.53. The van der Waals surface area contributed by atoms with Crippen molar-refractivity contribution in [2.24, 2.45) is 7.05 Å². The van der Waals surface area contributed by atoms with Crippen molar-refractivity contribution < 1.29 is 17.7 Å². The van der Waals surface area contributed by atoms with Gasteiger partial charge in [-0.15, -0.1) is 0 Å². The van der Waals surface area contributed by atoms with Crippen LogP contribution in [-0.4, -0.2) is 30.2 Å². The Bertz CT molecular complexity index is 1060. The van der Waals surface area contributed by atoms with Crippen LogP contribution in [0.4, 0.5) is 13.2 Å². The molecule has 3 heterocycles. The molecule has 0 amide bonds. The van der Waals surface area contributed by atoms with E-state index in [9.17, 15) is 22.8 Å². The van der Waals surface area contributed by atoms with E-state index < -0.39 is 24.0 Å². The topological polar surface area (TPSA) is 87.9 Å². The van der Waals surface area contributed by atoms with E-state index in [0.29, 0.717) is 29.0 Å². The minimum absolute atomic E-state index is 0.0401. The van der Waals surface area contributed by atoms with Gasteiger partial charge in [-0.25, -0.2) is 9.48 Å². The monoisotopic (exact) mass is 371 g/mol. The van der Waals surface area contributed by atoms with Crippen molar-refractivity contribution in [2.45, 2.75) is 39.0 Å². The summed E-state index contributed by atoms with van der Waals surface area (Å²) >= 11 is 0. The van der Waals surface area contributed by atoms with Crippen molar-refractivity contribution in [3.63, 3.8) is 0 Å². The Balaban J connectivity index is 1.95. The lowest BCUT2D eigenvalue weighted by Gasteiger charge is -2.10. The Morgan fingerprint density at radius 1 is 1.27 bits per heavy atom. The van der Waals surface area contributed by atoms with Crippen LogP contribution in [0, 0.1) is 6.92 Å². The number of fused-ring (bicyclic) bond motifs is 1. The van der Waals surface area contributed by atoms with Crippen LogP contribution in [0.5, 0.6) is 0 Å². The standard InChI is InChI=1S/C15H16F3N5O3/c1-9-6-10(26-20-9)4-3-5-22-13(24)12-11(21(2)14(22)25)7-19-23(12)8-15(16,17)18/h6-7H,3-5,8H2,1-2H3. The van der Waals surface area contributed by atoms with Gasteiger partial charge in [-0.2, -0.15) is 18.3 Å². The lowest BCUT2D eigenvalue weighted by Crippen LogP contribution is -2.40. The molecule has 3 aromatic heterocycles. The van der Waals surface area contributed by atoms with Crippen LogP contribution in [-0.2, 0) is 26.6 Å². The molecule has 0 aliphatic rings. The average molecular weight is 371 g/mol. The predicted molar refractivity (Wildman–Crippen MR) is 84.9 cm³/mol. The van der Waals surface area contributed by atoms with Gasteiger partial charge in [0.1, 0.15) is 12.3 Å². The molecule has 0 radical (unpaired) electrons. The van der Waals surface area contributed by atoms with Gasteiger partial charge in [-0.3, -0.25) is 13.9 Å². The van der Waals surface area contributed by atoms with Crippen molar-refractivity contribution in [3.8, 4) is 0 Å². The lowest BCUT2D eigenvalue weighted by atomic mass is 10.2. The summed E-state index contributed by atoms with van der Waals surface area (Å²) in [7, 11) is 1.39. The van der Waals surface area contributed by atoms with Gasteiger partial charge < -0.3 is 4.52 Å². The third-order valence-corrected chi connectivity index (χ3v) is 3.96. The van der Waals surface area contributed by atoms with Gasteiger partial charge >= 0.3 is 11.9 Å². The van der Waals surface area contributed by atoms with Gasteiger partial charge in [0.2, 0.25) is 0 Å². The number of hydrogen-bond donors (Lipinski definition) is 0. The van der Waals surface area contributed by atoms with E-state index in [1.54, 1.807) is 13.0 Å². The van der Waals surface area contributed by atoms with E-state index in [0.717, 1.165) is 15.3 Å². The predicted octanol–water partition coefficient (Wildman–Crippen LogP) is 1.39. The van der Waals surface area contributed by atoms with Gasteiger partial charge in [0.05, 0.1) is 17.4 Å². The highest BCUT2D eigenvalue weighted by Crippen LogP contribution is 2.19. The highest BCUT2D eigenvalue weighted by Gasteiger charge is 2.30. The zero-order chi connectivity index (χ0) is 19.1. The molecule has 0 saturated carbocycles.